The maximum atomic E-state index is 13.6. The molecule has 3 aromatic carbocycles. The molecular formula is C22H18FN3O. The summed E-state index contributed by atoms with van der Waals surface area (Å²) in [4.78, 5) is 7.62. The lowest BCUT2D eigenvalue weighted by molar-refractivity contribution is 0.457. The molecule has 4 N–H and O–H groups in total. The van der Waals surface area contributed by atoms with Crippen LogP contribution in [-0.2, 0) is 6.54 Å². The average molecular weight is 359 g/mol. The molecule has 0 amide bonds. The van der Waals surface area contributed by atoms with Crippen LogP contribution in [0.3, 0.4) is 0 Å². The summed E-state index contributed by atoms with van der Waals surface area (Å²) in [5.74, 6) is -0.414. The van der Waals surface area contributed by atoms with Crippen molar-refractivity contribution >= 4 is 22.3 Å². The molecule has 0 saturated carbocycles. The quantitative estimate of drug-likeness (QED) is 0.464. The van der Waals surface area contributed by atoms with Gasteiger partial charge in [0.1, 0.15) is 5.82 Å². The Morgan fingerprint density at radius 2 is 1.74 bits per heavy atom. The standard InChI is InChI=1S/C22H18FN3O/c23-16-8-11-18-19(12-16)26-22(27)20(18)21(15-4-2-1-3-5-15)25-17-9-6-14(13-24)7-10-17/h1-12,26-27H,13,24H2. The molecule has 4 rings (SSSR count). The fourth-order valence-electron chi connectivity index (χ4n) is 3.09. The molecule has 5 heteroatoms. The van der Waals surface area contributed by atoms with Gasteiger partial charge in [-0.1, -0.05) is 42.5 Å². The van der Waals surface area contributed by atoms with Gasteiger partial charge in [0.25, 0.3) is 0 Å². The molecule has 0 fully saturated rings. The van der Waals surface area contributed by atoms with E-state index in [2.05, 4.69) is 4.98 Å². The van der Waals surface area contributed by atoms with Crippen LogP contribution in [0.1, 0.15) is 16.7 Å². The lowest BCUT2D eigenvalue weighted by Gasteiger charge is -2.08. The van der Waals surface area contributed by atoms with Crippen molar-refractivity contribution < 1.29 is 9.50 Å². The van der Waals surface area contributed by atoms with Crippen molar-refractivity contribution in [2.45, 2.75) is 6.54 Å². The van der Waals surface area contributed by atoms with Gasteiger partial charge in [0, 0.05) is 17.5 Å². The fourth-order valence-corrected chi connectivity index (χ4v) is 3.09. The van der Waals surface area contributed by atoms with E-state index in [-0.39, 0.29) is 11.7 Å². The molecule has 0 spiro atoms. The van der Waals surface area contributed by atoms with Crippen LogP contribution < -0.4 is 5.73 Å². The molecule has 0 aliphatic rings. The number of nitrogens with zero attached hydrogens (tertiary/aromatic N) is 1. The molecule has 1 aromatic heterocycles. The summed E-state index contributed by atoms with van der Waals surface area (Å²) in [6, 6.07) is 21.6. The van der Waals surface area contributed by atoms with Crippen LogP contribution in [0.25, 0.3) is 10.9 Å². The molecule has 27 heavy (non-hydrogen) atoms. The topological polar surface area (TPSA) is 74.4 Å². The second kappa shape index (κ2) is 7.05. The predicted octanol–water partition coefficient (Wildman–Crippen LogP) is 4.64. The molecular weight excluding hydrogens is 341 g/mol. The highest BCUT2D eigenvalue weighted by Crippen LogP contribution is 2.31. The summed E-state index contributed by atoms with van der Waals surface area (Å²) in [6.45, 7) is 0.463. The van der Waals surface area contributed by atoms with Crippen LogP contribution in [0.2, 0.25) is 0 Å². The number of aromatic hydroxyl groups is 1. The van der Waals surface area contributed by atoms with E-state index in [0.29, 0.717) is 28.7 Å². The number of H-pyrrole nitrogens is 1. The summed E-state index contributed by atoms with van der Waals surface area (Å²) in [7, 11) is 0. The molecule has 0 unspecified atom stereocenters. The van der Waals surface area contributed by atoms with Gasteiger partial charge in [-0.15, -0.1) is 0 Å². The van der Waals surface area contributed by atoms with Crippen molar-refractivity contribution in [3.05, 3.63) is 95.3 Å². The summed E-state index contributed by atoms with van der Waals surface area (Å²) in [5, 5.41) is 11.2. The molecule has 134 valence electrons. The summed E-state index contributed by atoms with van der Waals surface area (Å²) >= 11 is 0. The Hall–Kier alpha value is -3.44. The lowest BCUT2D eigenvalue weighted by atomic mass is 10.0. The predicted molar refractivity (Wildman–Crippen MR) is 106 cm³/mol. The third-order valence-electron chi connectivity index (χ3n) is 4.44. The van der Waals surface area contributed by atoms with Gasteiger partial charge in [-0.05, 0) is 35.9 Å². The molecule has 0 aliphatic carbocycles. The van der Waals surface area contributed by atoms with E-state index in [1.165, 1.54) is 12.1 Å². The molecule has 0 saturated heterocycles. The number of fused-ring (bicyclic) bond motifs is 1. The first-order chi connectivity index (χ1) is 13.2. The smallest absolute Gasteiger partial charge is 0.199 e. The van der Waals surface area contributed by atoms with Crippen LogP contribution in [0.5, 0.6) is 5.88 Å². The summed E-state index contributed by atoms with van der Waals surface area (Å²) in [6.07, 6.45) is 0. The lowest BCUT2D eigenvalue weighted by Crippen LogP contribution is -2.03. The molecule has 0 aliphatic heterocycles. The van der Waals surface area contributed by atoms with Crippen molar-refractivity contribution in [2.24, 2.45) is 10.7 Å². The number of nitrogens with two attached hydrogens (primary N) is 1. The number of halogens is 1. The molecule has 1 heterocycles. The number of hydrogen-bond donors (Lipinski definition) is 3. The minimum atomic E-state index is -0.370. The third-order valence-corrected chi connectivity index (χ3v) is 4.44. The number of nitrogens with one attached hydrogen (secondary N) is 1. The maximum Gasteiger partial charge on any atom is 0.199 e. The number of rotatable bonds is 4. The van der Waals surface area contributed by atoms with Crippen LogP contribution in [0.4, 0.5) is 10.1 Å². The Balaban J connectivity index is 1.94. The van der Waals surface area contributed by atoms with E-state index in [4.69, 9.17) is 10.7 Å². The zero-order valence-electron chi connectivity index (χ0n) is 14.5. The Labute approximate surface area is 155 Å². The molecule has 4 nitrogen and oxygen atoms in total. The van der Waals surface area contributed by atoms with Gasteiger partial charge >= 0.3 is 0 Å². The van der Waals surface area contributed by atoms with Gasteiger partial charge in [0.15, 0.2) is 5.88 Å². The second-order valence-corrected chi connectivity index (χ2v) is 6.24. The molecule has 4 aromatic rings. The van der Waals surface area contributed by atoms with Gasteiger partial charge < -0.3 is 15.8 Å². The maximum absolute atomic E-state index is 13.6. The van der Waals surface area contributed by atoms with E-state index in [0.717, 1.165) is 16.8 Å². The number of hydrogen-bond acceptors (Lipinski definition) is 3. The van der Waals surface area contributed by atoms with E-state index in [1.54, 1.807) is 6.07 Å². The van der Waals surface area contributed by atoms with Gasteiger partial charge in [-0.3, -0.25) is 0 Å². The number of benzene rings is 3. The van der Waals surface area contributed by atoms with Crippen molar-refractivity contribution in [3.8, 4) is 5.88 Å². The molecule has 0 bridgehead atoms. The van der Waals surface area contributed by atoms with E-state index >= 15 is 0 Å². The van der Waals surface area contributed by atoms with Crippen LogP contribution in [0, 0.1) is 5.82 Å². The van der Waals surface area contributed by atoms with Gasteiger partial charge in [-0.25, -0.2) is 9.38 Å². The Bertz CT molecular complexity index is 1120. The SMILES string of the molecule is NCc1ccc(N=C(c2ccccc2)c2c(O)[nH]c3cc(F)ccc23)cc1. The first-order valence-electron chi connectivity index (χ1n) is 8.59. The number of aromatic nitrogens is 1. The first-order valence-corrected chi connectivity index (χ1v) is 8.59. The number of aromatic amines is 1. The van der Waals surface area contributed by atoms with E-state index < -0.39 is 0 Å². The Kier molecular flexibility index (Phi) is 4.44. The normalized spacial score (nSPS) is 11.9. The molecule has 0 radical (unpaired) electrons. The van der Waals surface area contributed by atoms with Crippen molar-refractivity contribution in [1.29, 1.82) is 0 Å². The van der Waals surface area contributed by atoms with E-state index in [9.17, 15) is 9.50 Å². The fraction of sp³-hybridized carbons (Fsp3) is 0.0455. The van der Waals surface area contributed by atoms with Crippen LogP contribution in [0.15, 0.2) is 77.8 Å². The average Bonchev–Trinajstić information content (AvgIpc) is 3.02. The van der Waals surface area contributed by atoms with Gasteiger partial charge in [-0.2, -0.15) is 0 Å². The van der Waals surface area contributed by atoms with Gasteiger partial charge in [0.05, 0.1) is 22.5 Å². The second-order valence-electron chi connectivity index (χ2n) is 6.24. The van der Waals surface area contributed by atoms with Crippen molar-refractivity contribution in [1.82, 2.24) is 4.98 Å². The minimum Gasteiger partial charge on any atom is -0.494 e. The van der Waals surface area contributed by atoms with Crippen LogP contribution >= 0.6 is 0 Å². The number of aliphatic imine (C=N–C) groups is 1. The van der Waals surface area contributed by atoms with Crippen molar-refractivity contribution in [3.63, 3.8) is 0 Å². The summed E-state index contributed by atoms with van der Waals surface area (Å²) in [5.41, 5.74) is 9.92. The van der Waals surface area contributed by atoms with Crippen molar-refractivity contribution in [2.75, 3.05) is 0 Å². The Morgan fingerprint density at radius 3 is 2.44 bits per heavy atom. The first kappa shape index (κ1) is 17.0. The minimum absolute atomic E-state index is 0.0446. The summed E-state index contributed by atoms with van der Waals surface area (Å²) < 4.78 is 13.6. The monoisotopic (exact) mass is 359 g/mol. The largest absolute Gasteiger partial charge is 0.494 e. The highest BCUT2D eigenvalue weighted by Gasteiger charge is 2.18. The molecule has 0 atom stereocenters. The highest BCUT2D eigenvalue weighted by molar-refractivity contribution is 6.21. The zero-order valence-corrected chi connectivity index (χ0v) is 14.5. The Morgan fingerprint density at radius 1 is 1.00 bits per heavy atom. The highest BCUT2D eigenvalue weighted by atomic mass is 19.1. The third kappa shape index (κ3) is 3.32. The van der Waals surface area contributed by atoms with Crippen LogP contribution in [-0.4, -0.2) is 15.8 Å². The van der Waals surface area contributed by atoms with Gasteiger partial charge in [0.2, 0.25) is 0 Å². The zero-order chi connectivity index (χ0) is 18.8. The van der Waals surface area contributed by atoms with E-state index in [1.807, 2.05) is 54.6 Å².